The number of hydrogen-bond acceptors (Lipinski definition) is 27. The first-order valence-corrected chi connectivity index (χ1v) is 39.6. The largest absolute Gasteiger partial charge is 0.452 e. The van der Waals surface area contributed by atoms with Gasteiger partial charge in [0.1, 0.15) is 61.0 Å². The van der Waals surface area contributed by atoms with Crippen molar-refractivity contribution >= 4 is 45.3 Å². The van der Waals surface area contributed by atoms with E-state index in [2.05, 4.69) is 9.47 Å². The number of rotatable bonds is 32. The molecule has 0 amide bonds. The Hall–Kier alpha value is -9.59. The normalized spacial score (nSPS) is 29.4. The van der Waals surface area contributed by atoms with Crippen molar-refractivity contribution in [3.05, 3.63) is 287 Å². The zero-order chi connectivity index (χ0) is 81.0. The van der Waals surface area contributed by atoms with Gasteiger partial charge in [-0.2, -0.15) is 0 Å². The summed E-state index contributed by atoms with van der Waals surface area (Å²) >= 11 is 0. The minimum atomic E-state index is -2.00. The van der Waals surface area contributed by atoms with Gasteiger partial charge in [0.05, 0.1) is 59.8 Å². The summed E-state index contributed by atoms with van der Waals surface area (Å²) < 4.78 is 142. The molecule has 0 aromatic heterocycles. The lowest BCUT2D eigenvalue weighted by atomic mass is 9.94. The predicted molar refractivity (Wildman–Crippen MR) is 416 cm³/mol. The van der Waals surface area contributed by atoms with E-state index in [-0.39, 0.29) is 73.0 Å². The van der Waals surface area contributed by atoms with Crippen LogP contribution in [0.3, 0.4) is 0 Å². The SMILES string of the molecule is CCCCOCC1OC(OC)C(OC(=O)c2ccccc2)C(OC(=O)c2ccccc2)C1OC1OC2COC(c3ccccc3)OC2C(OC2OC(COCCCC)C(OC3OC4COC(c5ccccc5)OC4C(OP)C3OC(=O)c3ccccc3)C(OC(=O)c3ccccc3)C2OC(=O)c2ccccc2)C1OC(=O)c1ccccc1. The van der Waals surface area contributed by atoms with Crippen molar-refractivity contribution in [2.24, 2.45) is 0 Å². The van der Waals surface area contributed by atoms with Gasteiger partial charge in [-0.15, -0.1) is 0 Å². The van der Waals surface area contributed by atoms with Crippen molar-refractivity contribution in [3.8, 4) is 0 Å². The van der Waals surface area contributed by atoms with Gasteiger partial charge < -0.3 is 99.3 Å². The monoisotopic (exact) mass is 1620 g/mol. The second-order valence-corrected chi connectivity index (χ2v) is 28.7. The number of methoxy groups -OCH3 is 1. The average Bonchev–Trinajstić information content (AvgIpc) is 0.750. The molecule has 6 heterocycles. The molecule has 6 aliphatic rings. The molecular formula is C89H93O27P. The van der Waals surface area contributed by atoms with Crippen LogP contribution in [-0.2, 0) is 99.3 Å². The minimum absolute atomic E-state index is 0.0228. The van der Waals surface area contributed by atoms with E-state index in [4.69, 9.17) is 99.3 Å². The van der Waals surface area contributed by atoms with Crippen molar-refractivity contribution in [1.82, 2.24) is 0 Å². The molecule has 0 spiro atoms. The number of fused-ring (bicyclic) bond motifs is 2. The summed E-state index contributed by atoms with van der Waals surface area (Å²) in [5.41, 5.74) is 1.72. The Kier molecular flexibility index (Phi) is 29.5. The van der Waals surface area contributed by atoms with Gasteiger partial charge in [-0.25, -0.2) is 28.8 Å². The average molecular weight is 1630 g/mol. The molecule has 616 valence electrons. The van der Waals surface area contributed by atoms with Crippen LogP contribution in [0.25, 0.3) is 0 Å². The van der Waals surface area contributed by atoms with E-state index in [0.29, 0.717) is 30.4 Å². The Morgan fingerprint density at radius 3 is 0.923 bits per heavy atom. The molecule has 8 aromatic carbocycles. The van der Waals surface area contributed by atoms with E-state index in [1.807, 2.05) is 50.2 Å². The molecule has 6 fully saturated rings. The topological polar surface area (TPSA) is 296 Å². The van der Waals surface area contributed by atoms with Crippen LogP contribution < -0.4 is 0 Å². The molecule has 0 bridgehead atoms. The van der Waals surface area contributed by atoms with Crippen molar-refractivity contribution in [3.63, 3.8) is 0 Å². The molecule has 6 saturated heterocycles. The Balaban J connectivity index is 0.920. The van der Waals surface area contributed by atoms with E-state index < -0.39 is 171 Å². The molecule has 0 N–H and O–H groups in total. The lowest BCUT2D eigenvalue weighted by molar-refractivity contribution is -0.410. The second-order valence-electron chi connectivity index (χ2n) is 28.4. The molecule has 117 heavy (non-hydrogen) atoms. The van der Waals surface area contributed by atoms with Crippen LogP contribution in [-0.4, -0.2) is 205 Å². The lowest BCUT2D eigenvalue weighted by Gasteiger charge is -2.53. The van der Waals surface area contributed by atoms with Gasteiger partial charge in [0, 0.05) is 40.9 Å². The third kappa shape index (κ3) is 20.8. The zero-order valence-corrected chi connectivity index (χ0v) is 65.6. The molecule has 0 radical (unpaired) electrons. The van der Waals surface area contributed by atoms with Crippen LogP contribution in [0.4, 0.5) is 0 Å². The van der Waals surface area contributed by atoms with Gasteiger partial charge in [0.25, 0.3) is 0 Å². The smallest absolute Gasteiger partial charge is 0.338 e. The molecule has 23 atom stereocenters. The molecule has 27 nitrogen and oxygen atoms in total. The molecule has 8 aromatic rings. The van der Waals surface area contributed by atoms with E-state index in [9.17, 15) is 14.4 Å². The minimum Gasteiger partial charge on any atom is -0.452 e. The standard InChI is InChI=1S/C89H93O27P/c1-4-6-48-97-50-62-66(70(105-78(90)54-32-16-8-17-33-54)74(86(96-3)101-62)107-80(92)56-36-20-10-21-37-56)113-87-76(109-82(94)58-40-24-12-25-41-58)72(68-64(103-87)52-99-84(111-68)60-44-28-14-29-45-60)115-88-75(108-81(93)57-38-22-11-23-39-57)71(106-79(91)55-34-18-9-19-35-55)67(63(102-88)51-98-49-7-5-2)114-89-77(110-83(95)59-42-26-13-27-43-59)73(116-117)69-65(104-89)53-100-85(112-69)61-46-30-15-31-47-61/h8-47,62-77,84-89H,4-7,48-53,117H2,1-3H3. The van der Waals surface area contributed by atoms with Crippen LogP contribution in [0.5, 0.6) is 0 Å². The maximum atomic E-state index is 15.5. The Morgan fingerprint density at radius 2 is 0.598 bits per heavy atom. The Morgan fingerprint density at radius 1 is 0.325 bits per heavy atom. The molecule has 23 unspecified atom stereocenters. The number of benzene rings is 8. The van der Waals surface area contributed by atoms with Crippen LogP contribution in [0, 0.1) is 0 Å². The Labute approximate surface area is 679 Å². The maximum Gasteiger partial charge on any atom is 0.338 e. The highest BCUT2D eigenvalue weighted by Crippen LogP contribution is 2.45. The third-order valence-electron chi connectivity index (χ3n) is 20.5. The van der Waals surface area contributed by atoms with Crippen LogP contribution >= 0.6 is 9.47 Å². The number of esters is 6. The van der Waals surface area contributed by atoms with Crippen LogP contribution in [0.1, 0.15) is 125 Å². The third-order valence-corrected chi connectivity index (χ3v) is 20.8. The predicted octanol–water partition coefficient (Wildman–Crippen LogP) is 12.1. The van der Waals surface area contributed by atoms with Crippen LogP contribution in [0.15, 0.2) is 243 Å². The molecule has 6 aliphatic heterocycles. The number of unbranched alkanes of at least 4 members (excludes halogenated alkanes) is 2. The summed E-state index contributed by atoms with van der Waals surface area (Å²) in [6, 6.07) is 66.6. The highest BCUT2D eigenvalue weighted by Gasteiger charge is 2.63. The van der Waals surface area contributed by atoms with Gasteiger partial charge in [-0.1, -0.05) is 197 Å². The summed E-state index contributed by atoms with van der Waals surface area (Å²) in [4.78, 5) is 90.5. The maximum absolute atomic E-state index is 15.5. The summed E-state index contributed by atoms with van der Waals surface area (Å²) in [6.07, 6.45) is -31.0. The fourth-order valence-electron chi connectivity index (χ4n) is 14.6. The van der Waals surface area contributed by atoms with Gasteiger partial charge in [-0.3, -0.25) is 0 Å². The molecule has 0 aliphatic carbocycles. The van der Waals surface area contributed by atoms with Gasteiger partial charge in [0.15, 0.2) is 74.4 Å². The summed E-state index contributed by atoms with van der Waals surface area (Å²) in [5, 5.41) is 0. The van der Waals surface area contributed by atoms with Crippen LogP contribution in [0.2, 0.25) is 0 Å². The van der Waals surface area contributed by atoms with Crippen molar-refractivity contribution in [1.29, 1.82) is 0 Å². The Bertz CT molecular complexity index is 4460. The fourth-order valence-corrected chi connectivity index (χ4v) is 14.9. The first kappa shape index (κ1) is 83.9. The van der Waals surface area contributed by atoms with Crippen molar-refractivity contribution < 1.29 is 128 Å². The van der Waals surface area contributed by atoms with E-state index in [1.54, 1.807) is 158 Å². The van der Waals surface area contributed by atoms with Gasteiger partial charge in [-0.05, 0) is 85.6 Å². The van der Waals surface area contributed by atoms with Crippen molar-refractivity contribution in [2.45, 2.75) is 175 Å². The highest BCUT2D eigenvalue weighted by atomic mass is 31.0. The summed E-state index contributed by atoms with van der Waals surface area (Å²) in [6.45, 7) is 3.32. The van der Waals surface area contributed by atoms with Crippen molar-refractivity contribution in [2.75, 3.05) is 46.8 Å². The number of carbonyl (C=O) groups is 6. The first-order valence-electron chi connectivity index (χ1n) is 39.2. The highest BCUT2D eigenvalue weighted by molar-refractivity contribution is 7.09. The van der Waals surface area contributed by atoms with E-state index in [1.165, 1.54) is 55.6 Å². The molecule has 0 saturated carbocycles. The number of ether oxygens (including phenoxy) is 20. The van der Waals surface area contributed by atoms with E-state index in [0.717, 1.165) is 6.42 Å². The first-order chi connectivity index (χ1) is 57.3. The number of carbonyl (C=O) groups excluding carboxylic acids is 6. The number of hydrogen-bond donors (Lipinski definition) is 0. The quantitative estimate of drug-likeness (QED) is 0.0164. The summed E-state index contributed by atoms with van der Waals surface area (Å²) in [7, 11) is 3.57. The molecule has 28 heteroatoms. The van der Waals surface area contributed by atoms with E-state index >= 15 is 14.4 Å². The van der Waals surface area contributed by atoms with Gasteiger partial charge in [0.2, 0.25) is 0 Å². The molecular weight excluding hydrogens is 1530 g/mol. The summed E-state index contributed by atoms with van der Waals surface area (Å²) in [5.74, 6) is -5.43. The lowest BCUT2D eigenvalue weighted by Crippen LogP contribution is -2.70. The van der Waals surface area contributed by atoms with Gasteiger partial charge >= 0.3 is 35.8 Å². The second kappa shape index (κ2) is 41.2. The molecule has 14 rings (SSSR count). The zero-order valence-electron chi connectivity index (χ0n) is 64.5. The fraction of sp³-hybridized carbons (Fsp3) is 0.393.